The number of hydrogen-bond donors (Lipinski definition) is 6. The van der Waals surface area contributed by atoms with Crippen LogP contribution in [-0.2, 0) is 24.9 Å². The zero-order valence-electron chi connectivity index (χ0n) is 19.5. The van der Waals surface area contributed by atoms with Crippen LogP contribution in [0.3, 0.4) is 0 Å². The number of carbonyl (C=O) groups is 4. The summed E-state index contributed by atoms with van der Waals surface area (Å²) < 4.78 is 31.5. The lowest BCUT2D eigenvalue weighted by Crippen LogP contribution is -2.70. The van der Waals surface area contributed by atoms with E-state index in [2.05, 4.69) is 5.32 Å². The van der Waals surface area contributed by atoms with Crippen LogP contribution in [0, 0.1) is 5.41 Å². The molecular formula is C20H21F3N6O6S4. The number of aliphatic carboxylic acids is 2. The molecule has 2 aliphatic heterocycles. The maximum Gasteiger partial charge on any atom is 0.430 e. The molecule has 0 saturated carbocycles. The number of carbonyl (C=O) groups excluding carboxylic acids is 3. The molecule has 1 saturated heterocycles. The maximum absolute atomic E-state index is 12.7. The van der Waals surface area contributed by atoms with E-state index >= 15 is 0 Å². The van der Waals surface area contributed by atoms with Crippen molar-refractivity contribution in [2.45, 2.75) is 28.2 Å². The van der Waals surface area contributed by atoms with Gasteiger partial charge in [0.15, 0.2) is 5.17 Å². The number of amides is 2. The van der Waals surface area contributed by atoms with E-state index in [4.69, 9.17) is 32.2 Å². The van der Waals surface area contributed by atoms with Crippen molar-refractivity contribution in [1.82, 2.24) is 10.2 Å². The smallest absolute Gasteiger partial charge is 0.430 e. The highest BCUT2D eigenvalue weighted by Gasteiger charge is 2.54. The Bertz CT molecular complexity index is 1210. The molecule has 39 heavy (non-hydrogen) atoms. The van der Waals surface area contributed by atoms with E-state index in [1.165, 1.54) is 40.2 Å². The van der Waals surface area contributed by atoms with Crippen LogP contribution in [0.4, 0.5) is 13.2 Å². The van der Waals surface area contributed by atoms with E-state index in [1.807, 2.05) is 24.3 Å². The number of rotatable bonds is 8. The summed E-state index contributed by atoms with van der Waals surface area (Å²) in [6, 6.07) is 6.71. The molecule has 3 rings (SSSR count). The molecule has 0 unspecified atom stereocenters. The Morgan fingerprint density at radius 1 is 1.26 bits per heavy atom. The number of amidine groups is 2. The van der Waals surface area contributed by atoms with Crippen LogP contribution in [0.25, 0.3) is 0 Å². The van der Waals surface area contributed by atoms with Crippen LogP contribution in [0.15, 0.2) is 39.8 Å². The summed E-state index contributed by atoms with van der Waals surface area (Å²) in [7, 11) is 0. The van der Waals surface area contributed by atoms with Crippen molar-refractivity contribution in [3.8, 4) is 0 Å². The minimum Gasteiger partial charge on any atom is -0.542 e. The van der Waals surface area contributed by atoms with Crippen molar-refractivity contribution >= 4 is 81.1 Å². The third-order valence-corrected chi connectivity index (χ3v) is 8.81. The van der Waals surface area contributed by atoms with E-state index < -0.39 is 41.3 Å². The monoisotopic (exact) mass is 626 g/mol. The topological polar surface area (TPSA) is 228 Å². The number of nitrogens with zero attached hydrogens (tertiary/aromatic N) is 1. The summed E-state index contributed by atoms with van der Waals surface area (Å²) in [5.41, 5.74) is 11.6. The van der Waals surface area contributed by atoms with Crippen molar-refractivity contribution in [2.24, 2.45) is 11.5 Å². The minimum atomic E-state index is -5.19. The lowest BCUT2D eigenvalue weighted by atomic mass is 10.1. The number of nitrogens with two attached hydrogens (primary N) is 3. The van der Waals surface area contributed by atoms with Gasteiger partial charge in [-0.3, -0.25) is 31.0 Å². The molecule has 19 heteroatoms. The van der Waals surface area contributed by atoms with Gasteiger partial charge in [0, 0.05) is 21.3 Å². The van der Waals surface area contributed by atoms with E-state index in [1.54, 1.807) is 0 Å². The first kappa shape index (κ1) is 32.2. The van der Waals surface area contributed by atoms with E-state index in [0.29, 0.717) is 16.4 Å². The molecule has 1 fully saturated rings. The molecule has 2 atom stereocenters. The predicted molar refractivity (Wildman–Crippen MR) is 140 cm³/mol. The number of halogens is 3. The fourth-order valence-electron chi connectivity index (χ4n) is 3.04. The molecule has 2 aliphatic rings. The average Bonchev–Trinajstić information content (AvgIpc) is 2.84. The van der Waals surface area contributed by atoms with E-state index in [9.17, 15) is 32.7 Å². The Morgan fingerprint density at radius 2 is 1.87 bits per heavy atom. The SMILES string of the molecule is N=C(N)SCC(=O)N[C@@H]1C(=O)N2C(C(=O)O)=C(Sc3ccccc3CSC(N)=[NH2+])CS[C@H]12.O=C([O-])C(F)(F)F. The number of carboxylic acid groups (broad SMARTS) is 2. The highest BCUT2D eigenvalue weighted by molar-refractivity contribution is 8.14. The molecule has 0 spiro atoms. The standard InChI is InChI=1S/C18H20N6O4S4.C2HF3O2/c19-17(20)30-5-8-3-1-2-4-9(8)32-10-6-29-15-12(23-11(25)7-31-18(21)22)14(26)24(15)13(10)16(27)28;3-2(4,5)1(6)7/h1-4,12,15H,5-7H2,(H3,19,20)(H3,21,22)(H,23,25)(H,27,28);(H,6,7)/t12-,15-;/m1./s1. The van der Waals surface area contributed by atoms with Gasteiger partial charge < -0.3 is 26.1 Å². The molecule has 9 N–H and O–H groups in total. The highest BCUT2D eigenvalue weighted by Crippen LogP contribution is 2.45. The van der Waals surface area contributed by atoms with Crippen molar-refractivity contribution in [1.29, 1.82) is 5.41 Å². The number of fused-ring (bicyclic) bond motifs is 1. The average molecular weight is 627 g/mol. The lowest BCUT2D eigenvalue weighted by molar-refractivity contribution is -0.344. The Hall–Kier alpha value is -3.03. The van der Waals surface area contributed by atoms with Crippen LogP contribution in [0.1, 0.15) is 5.56 Å². The number of β-lactam (4-membered cyclic amide) rings is 1. The lowest BCUT2D eigenvalue weighted by Gasteiger charge is -2.49. The Morgan fingerprint density at radius 3 is 2.41 bits per heavy atom. The Labute approximate surface area is 235 Å². The summed E-state index contributed by atoms with van der Waals surface area (Å²) in [5, 5.41) is 33.5. The largest absolute Gasteiger partial charge is 0.542 e. The quantitative estimate of drug-likeness (QED) is 0.112. The van der Waals surface area contributed by atoms with Gasteiger partial charge in [-0.1, -0.05) is 41.7 Å². The second-order valence-electron chi connectivity index (χ2n) is 7.37. The maximum atomic E-state index is 12.7. The Balaban J connectivity index is 0.000000673. The van der Waals surface area contributed by atoms with Crippen LogP contribution >= 0.6 is 47.0 Å². The molecule has 1 aromatic rings. The molecule has 1 aromatic carbocycles. The van der Waals surface area contributed by atoms with E-state index in [-0.39, 0.29) is 21.8 Å². The number of alkyl halides is 3. The third kappa shape index (κ3) is 9.01. The number of nitrogens with one attached hydrogen (secondary N) is 2. The summed E-state index contributed by atoms with van der Waals surface area (Å²) >= 11 is 4.83. The zero-order valence-corrected chi connectivity index (χ0v) is 22.8. The molecule has 212 valence electrons. The molecule has 0 aliphatic carbocycles. The summed E-state index contributed by atoms with van der Waals surface area (Å²) in [5.74, 6) is -4.30. The summed E-state index contributed by atoms with van der Waals surface area (Å²) in [6.45, 7) is 0. The van der Waals surface area contributed by atoms with Crippen LogP contribution in [0.2, 0.25) is 0 Å². The Kier molecular flexibility index (Phi) is 11.4. The number of thioether (sulfide) groups is 4. The second kappa shape index (κ2) is 13.9. The first-order chi connectivity index (χ1) is 18.1. The molecular weight excluding hydrogens is 606 g/mol. The fraction of sp³-hybridized carbons (Fsp3) is 0.300. The van der Waals surface area contributed by atoms with Gasteiger partial charge in [0.25, 0.3) is 11.1 Å². The van der Waals surface area contributed by atoms with Gasteiger partial charge in [-0.15, -0.1) is 11.8 Å². The first-order valence-corrected chi connectivity index (χ1v) is 14.2. The van der Waals surface area contributed by atoms with Gasteiger partial charge in [-0.2, -0.15) is 13.2 Å². The number of carboxylic acids is 2. The van der Waals surface area contributed by atoms with Gasteiger partial charge in [0.1, 0.15) is 23.1 Å². The normalized spacial score (nSPS) is 18.2. The highest BCUT2D eigenvalue weighted by atomic mass is 32.2. The number of benzene rings is 1. The second-order valence-corrected chi connectivity index (χ2v) is 11.7. The van der Waals surface area contributed by atoms with Gasteiger partial charge in [0.05, 0.1) is 5.75 Å². The van der Waals surface area contributed by atoms with Gasteiger partial charge >= 0.3 is 12.1 Å². The fourth-order valence-corrected chi connectivity index (χ4v) is 6.68. The molecule has 0 radical (unpaired) electrons. The molecule has 2 amide bonds. The molecule has 12 nitrogen and oxygen atoms in total. The third-order valence-electron chi connectivity index (χ3n) is 4.64. The van der Waals surface area contributed by atoms with E-state index in [0.717, 1.165) is 22.2 Å². The summed E-state index contributed by atoms with van der Waals surface area (Å²) in [4.78, 5) is 48.2. The van der Waals surface area contributed by atoms with Gasteiger partial charge in [-0.05, 0) is 23.4 Å². The summed E-state index contributed by atoms with van der Waals surface area (Å²) in [6.07, 6.45) is -5.19. The van der Waals surface area contributed by atoms with Crippen molar-refractivity contribution in [3.63, 3.8) is 0 Å². The molecule has 2 heterocycles. The van der Waals surface area contributed by atoms with Crippen molar-refractivity contribution in [2.75, 3.05) is 11.5 Å². The van der Waals surface area contributed by atoms with Crippen LogP contribution in [0.5, 0.6) is 0 Å². The van der Waals surface area contributed by atoms with Crippen LogP contribution in [-0.4, -0.2) is 73.2 Å². The molecule has 0 bridgehead atoms. The van der Waals surface area contributed by atoms with Gasteiger partial charge in [0.2, 0.25) is 5.91 Å². The van der Waals surface area contributed by atoms with Crippen molar-refractivity contribution in [3.05, 3.63) is 40.4 Å². The number of hydrogen-bond acceptors (Lipinski definition) is 10. The van der Waals surface area contributed by atoms with Gasteiger partial charge in [-0.25, -0.2) is 4.79 Å². The minimum absolute atomic E-state index is 0.0697. The van der Waals surface area contributed by atoms with Crippen LogP contribution < -0.4 is 27.3 Å². The predicted octanol–water partition coefficient (Wildman–Crippen LogP) is -1.29. The first-order valence-electron chi connectivity index (χ1n) is 10.3. The van der Waals surface area contributed by atoms with Crippen molar-refractivity contribution < 1.29 is 48.0 Å². The zero-order chi connectivity index (χ0) is 29.5. The molecule has 0 aromatic heterocycles.